The second-order valence-corrected chi connectivity index (χ2v) is 6.01. The summed E-state index contributed by atoms with van der Waals surface area (Å²) < 4.78 is 0. The molecule has 0 aromatic carbocycles. The number of piperidine rings is 1. The van der Waals surface area contributed by atoms with Crippen molar-refractivity contribution in [1.29, 1.82) is 0 Å². The molecule has 1 aliphatic rings. The Morgan fingerprint density at radius 1 is 1.36 bits per heavy atom. The number of likely N-dealkylation sites (tertiary alicyclic amines) is 1. The Labute approximate surface area is 136 Å². The third kappa shape index (κ3) is 6.79. The van der Waals surface area contributed by atoms with Crippen molar-refractivity contribution in [3.05, 3.63) is 49.0 Å². The fourth-order valence-electron chi connectivity index (χ4n) is 2.57. The zero-order valence-corrected chi connectivity index (χ0v) is 14.5. The van der Waals surface area contributed by atoms with Crippen molar-refractivity contribution in [3.8, 4) is 0 Å². The largest absolute Gasteiger partial charge is 0.378 e. The Hall–Kier alpha value is -1.77. The summed E-state index contributed by atoms with van der Waals surface area (Å²) in [5.41, 5.74) is 2.23. The van der Waals surface area contributed by atoms with Crippen LogP contribution in [0.2, 0.25) is 0 Å². The molecule has 122 valence electrons. The van der Waals surface area contributed by atoms with E-state index in [9.17, 15) is 0 Å². The lowest BCUT2D eigenvalue weighted by atomic mass is 10.0. The molecular formula is C19H31N3. The molecule has 0 bridgehead atoms. The number of allylic oxidation sites excluding steroid dienone is 3. The predicted molar refractivity (Wildman–Crippen MR) is 98.0 cm³/mol. The van der Waals surface area contributed by atoms with Crippen molar-refractivity contribution in [3.63, 3.8) is 0 Å². The first-order valence-corrected chi connectivity index (χ1v) is 8.21. The van der Waals surface area contributed by atoms with Crippen LogP contribution in [0.4, 0.5) is 0 Å². The van der Waals surface area contributed by atoms with E-state index in [-0.39, 0.29) is 0 Å². The summed E-state index contributed by atoms with van der Waals surface area (Å²) in [6, 6.07) is 0.601. The average molecular weight is 301 g/mol. The summed E-state index contributed by atoms with van der Waals surface area (Å²) in [7, 11) is 2.14. The first-order chi connectivity index (χ1) is 10.6. The Morgan fingerprint density at radius 2 is 2.05 bits per heavy atom. The van der Waals surface area contributed by atoms with Gasteiger partial charge in [0.1, 0.15) is 0 Å². The zero-order chi connectivity index (χ0) is 16.4. The summed E-state index contributed by atoms with van der Waals surface area (Å²) in [5, 5.41) is 0. The van der Waals surface area contributed by atoms with Gasteiger partial charge in [-0.25, -0.2) is 0 Å². The molecule has 0 saturated carbocycles. The highest BCUT2D eigenvalue weighted by atomic mass is 15.2. The molecule has 0 N–H and O–H groups in total. The minimum absolute atomic E-state index is 0.601. The Kier molecular flexibility index (Phi) is 8.34. The normalized spacial score (nSPS) is 17.4. The van der Waals surface area contributed by atoms with Crippen LogP contribution in [0.25, 0.3) is 0 Å². The van der Waals surface area contributed by atoms with E-state index in [0.29, 0.717) is 6.04 Å². The molecule has 0 aliphatic carbocycles. The van der Waals surface area contributed by atoms with Crippen molar-refractivity contribution in [2.45, 2.75) is 45.6 Å². The van der Waals surface area contributed by atoms with Gasteiger partial charge in [-0.2, -0.15) is 0 Å². The summed E-state index contributed by atoms with van der Waals surface area (Å²) >= 11 is 0. The van der Waals surface area contributed by atoms with Crippen LogP contribution < -0.4 is 0 Å². The molecule has 1 heterocycles. The first-order valence-electron chi connectivity index (χ1n) is 8.21. The van der Waals surface area contributed by atoms with E-state index in [0.717, 1.165) is 31.5 Å². The third-order valence-electron chi connectivity index (χ3n) is 4.04. The molecule has 22 heavy (non-hydrogen) atoms. The van der Waals surface area contributed by atoms with Crippen molar-refractivity contribution >= 4 is 6.21 Å². The van der Waals surface area contributed by atoms with Gasteiger partial charge < -0.3 is 9.80 Å². The number of aliphatic imine (C=N–C) groups is 1. The summed E-state index contributed by atoms with van der Waals surface area (Å²) in [6.45, 7) is 14.3. The highest BCUT2D eigenvalue weighted by molar-refractivity contribution is 5.81. The Bertz CT molecular complexity index is 438. The van der Waals surface area contributed by atoms with Gasteiger partial charge >= 0.3 is 0 Å². The fraction of sp³-hybridized carbons (Fsp3) is 0.526. The number of nitrogens with zero attached hydrogens (tertiary/aromatic N) is 3. The molecule has 0 unspecified atom stereocenters. The van der Waals surface area contributed by atoms with Gasteiger partial charge in [0.05, 0.1) is 0 Å². The molecular weight excluding hydrogens is 270 g/mol. The van der Waals surface area contributed by atoms with Gasteiger partial charge in [0.25, 0.3) is 0 Å². The van der Waals surface area contributed by atoms with Crippen LogP contribution in [0, 0.1) is 0 Å². The maximum atomic E-state index is 4.33. The molecule has 0 aromatic heterocycles. The van der Waals surface area contributed by atoms with Crippen molar-refractivity contribution < 1.29 is 0 Å². The van der Waals surface area contributed by atoms with Crippen molar-refractivity contribution in [2.24, 2.45) is 4.99 Å². The molecule has 3 heteroatoms. The van der Waals surface area contributed by atoms with Gasteiger partial charge in [0.2, 0.25) is 0 Å². The van der Waals surface area contributed by atoms with Crippen LogP contribution in [-0.2, 0) is 0 Å². The van der Waals surface area contributed by atoms with E-state index < -0.39 is 0 Å². The molecule has 0 atom stereocenters. The highest BCUT2D eigenvalue weighted by Crippen LogP contribution is 2.15. The molecule has 0 aromatic rings. The fourth-order valence-corrected chi connectivity index (χ4v) is 2.57. The minimum Gasteiger partial charge on any atom is -0.378 e. The quantitative estimate of drug-likeness (QED) is 0.490. The average Bonchev–Trinajstić information content (AvgIpc) is 2.53. The van der Waals surface area contributed by atoms with Gasteiger partial charge in [0, 0.05) is 38.6 Å². The van der Waals surface area contributed by atoms with E-state index in [1.807, 2.05) is 24.7 Å². The van der Waals surface area contributed by atoms with Crippen LogP contribution in [0.15, 0.2) is 54.0 Å². The SMILES string of the molecule is C=CN1CCC(N(C)C=CC(=C)C=NC=C(C)CCC)CC1. The molecule has 1 aliphatic heterocycles. The van der Waals surface area contributed by atoms with E-state index >= 15 is 0 Å². The van der Waals surface area contributed by atoms with E-state index in [1.165, 1.54) is 18.4 Å². The molecule has 1 fully saturated rings. The van der Waals surface area contributed by atoms with E-state index in [4.69, 9.17) is 0 Å². The molecule has 0 radical (unpaired) electrons. The topological polar surface area (TPSA) is 18.8 Å². The van der Waals surface area contributed by atoms with E-state index in [1.54, 1.807) is 0 Å². The highest BCUT2D eigenvalue weighted by Gasteiger charge is 2.18. The molecule has 1 saturated heterocycles. The first kappa shape index (κ1) is 18.3. The smallest absolute Gasteiger partial charge is 0.0334 e. The summed E-state index contributed by atoms with van der Waals surface area (Å²) in [5.74, 6) is 0. The van der Waals surface area contributed by atoms with Crippen molar-refractivity contribution in [2.75, 3.05) is 20.1 Å². The molecule has 1 rings (SSSR count). The van der Waals surface area contributed by atoms with Gasteiger partial charge in [-0.1, -0.05) is 32.1 Å². The molecule has 0 amide bonds. The molecule has 3 nitrogen and oxygen atoms in total. The van der Waals surface area contributed by atoms with Crippen LogP contribution >= 0.6 is 0 Å². The van der Waals surface area contributed by atoms with Gasteiger partial charge in [-0.15, -0.1) is 0 Å². The lowest BCUT2D eigenvalue weighted by Gasteiger charge is -2.35. The maximum absolute atomic E-state index is 4.33. The number of hydrogen-bond acceptors (Lipinski definition) is 3. The van der Waals surface area contributed by atoms with Gasteiger partial charge in [0.15, 0.2) is 0 Å². The Balaban J connectivity index is 2.40. The molecule has 0 spiro atoms. The van der Waals surface area contributed by atoms with Crippen LogP contribution in [0.3, 0.4) is 0 Å². The lowest BCUT2D eigenvalue weighted by Crippen LogP contribution is -2.39. The Morgan fingerprint density at radius 3 is 2.64 bits per heavy atom. The monoisotopic (exact) mass is 301 g/mol. The minimum atomic E-state index is 0.601. The standard InChI is InChI=1S/C19H31N3/c1-6-8-17(3)15-20-16-18(4)9-12-21(5)19-10-13-22(7-2)14-11-19/h7,9,12,15-16,19H,2,4,6,8,10-11,13-14H2,1,3,5H3. The van der Waals surface area contributed by atoms with Gasteiger partial charge in [-0.05, 0) is 50.2 Å². The maximum Gasteiger partial charge on any atom is 0.0334 e. The van der Waals surface area contributed by atoms with Crippen molar-refractivity contribution in [1.82, 2.24) is 9.80 Å². The number of hydrogen-bond donors (Lipinski definition) is 0. The van der Waals surface area contributed by atoms with Crippen LogP contribution in [0.1, 0.15) is 39.5 Å². The summed E-state index contributed by atoms with van der Waals surface area (Å²) in [6.07, 6.45) is 14.5. The zero-order valence-electron chi connectivity index (χ0n) is 14.5. The second-order valence-electron chi connectivity index (χ2n) is 6.01. The van der Waals surface area contributed by atoms with Gasteiger partial charge in [-0.3, -0.25) is 4.99 Å². The van der Waals surface area contributed by atoms with Crippen LogP contribution in [0.5, 0.6) is 0 Å². The van der Waals surface area contributed by atoms with Crippen LogP contribution in [-0.4, -0.2) is 42.2 Å². The van der Waals surface area contributed by atoms with E-state index in [2.05, 4.69) is 55.0 Å². The number of rotatable bonds is 8. The summed E-state index contributed by atoms with van der Waals surface area (Å²) in [4.78, 5) is 8.90. The third-order valence-corrected chi connectivity index (χ3v) is 4.04. The second kappa shape index (κ2) is 10.0. The predicted octanol–water partition coefficient (Wildman–Crippen LogP) is 4.37. The lowest BCUT2D eigenvalue weighted by molar-refractivity contribution is 0.195.